The molecule has 7 aromatic carbocycles. The number of aromatic nitrogens is 1. The van der Waals surface area contributed by atoms with Crippen molar-refractivity contribution in [1.29, 1.82) is 0 Å². The number of thiophene rings is 1. The predicted octanol–water partition coefficient (Wildman–Crippen LogP) is 13.0. The molecule has 1 aliphatic carbocycles. The fourth-order valence-corrected chi connectivity index (χ4v) is 10.2. The van der Waals surface area contributed by atoms with Crippen LogP contribution in [0.4, 0.5) is 0 Å². The van der Waals surface area contributed by atoms with Crippen molar-refractivity contribution in [3.63, 3.8) is 0 Å². The first kappa shape index (κ1) is 32.2. The summed E-state index contributed by atoms with van der Waals surface area (Å²) in [6.07, 6.45) is 6.36. The number of hydrogen-bond acceptors (Lipinski definition) is 5. The van der Waals surface area contributed by atoms with Gasteiger partial charge in [-0.15, -0.1) is 11.3 Å². The van der Waals surface area contributed by atoms with E-state index in [2.05, 4.69) is 155 Å². The summed E-state index contributed by atoms with van der Waals surface area (Å²) in [5.74, 6) is 1.55. The van der Waals surface area contributed by atoms with Crippen LogP contribution in [0, 0.1) is 0 Å². The highest BCUT2D eigenvalue weighted by molar-refractivity contribution is 7.26. The van der Waals surface area contributed by atoms with Crippen LogP contribution in [0.1, 0.15) is 40.5 Å². The number of amidine groups is 2. The summed E-state index contributed by atoms with van der Waals surface area (Å²) in [6.45, 7) is 0. The van der Waals surface area contributed by atoms with Gasteiger partial charge in [-0.05, 0) is 59.9 Å². The summed E-state index contributed by atoms with van der Waals surface area (Å²) in [7, 11) is 0. The molecule has 1 aliphatic heterocycles. The van der Waals surface area contributed by atoms with Gasteiger partial charge in [-0.3, -0.25) is 0 Å². The van der Waals surface area contributed by atoms with Gasteiger partial charge in [0.05, 0.1) is 11.2 Å². The number of aliphatic imine (C=N–C) groups is 2. The summed E-state index contributed by atoms with van der Waals surface area (Å²) in [4.78, 5) is 10.2. The quantitative estimate of drug-likeness (QED) is 0.190. The average Bonchev–Trinajstić information content (AvgIpc) is 3.96. The van der Waals surface area contributed by atoms with E-state index in [1.807, 2.05) is 35.6 Å². The summed E-state index contributed by atoms with van der Waals surface area (Å²) in [6, 6.07) is 55.9. The molecule has 270 valence electrons. The van der Waals surface area contributed by atoms with Gasteiger partial charge in [-0.2, -0.15) is 0 Å². The highest BCUT2D eigenvalue weighted by Crippen LogP contribution is 2.44. The molecule has 1 N–H and O–H groups in total. The Morgan fingerprint density at radius 2 is 1.44 bits per heavy atom. The van der Waals surface area contributed by atoms with Crippen LogP contribution >= 0.6 is 11.3 Å². The molecule has 1 atom stereocenters. The first-order chi connectivity index (χ1) is 28.3. The molecule has 57 heavy (non-hydrogen) atoms. The maximum atomic E-state index is 6.84. The minimum atomic E-state index is -0.255. The molecule has 0 saturated heterocycles. The van der Waals surface area contributed by atoms with Crippen LogP contribution in [-0.2, 0) is 6.42 Å². The lowest BCUT2D eigenvalue weighted by Crippen LogP contribution is -2.33. The van der Waals surface area contributed by atoms with E-state index in [1.165, 1.54) is 47.9 Å². The number of fused-ring (bicyclic) bond motifs is 9. The molecule has 1 unspecified atom stereocenters. The van der Waals surface area contributed by atoms with Crippen LogP contribution in [0.5, 0.6) is 0 Å². The summed E-state index contributed by atoms with van der Waals surface area (Å²) in [5, 5.41) is 9.69. The standard InChI is InChI=1S/C51H34N4OS/c1-3-14-31(15-4-1)49-52-50(32-16-5-2-6-17-32)54-51(53-49)40-23-11-21-38-37-29-28-33(30-45(37)57-48(38)40)34-20-13-27-44-46(34)39-22-12-26-43(47(39)56-44)55-41-24-9-7-18-35(41)36-19-8-10-25-42(36)55/h1-9,11-24,26-30,49H,10,25H2,(H,52,53,54). The SMILES string of the molecule is C1=Cc2c(n(-c3cccc4c3oc3cccc(-c5ccc6c(c5)sc5c(C7=NC(c8ccccc8)=NC(c8ccccc8)N7)cccc56)c34)c3ccccc23)CC1. The highest BCUT2D eigenvalue weighted by Gasteiger charge is 2.25. The third-order valence-electron chi connectivity index (χ3n) is 11.5. The number of nitrogens with zero attached hydrogens (tertiary/aromatic N) is 3. The maximum Gasteiger partial charge on any atom is 0.159 e. The average molecular weight is 751 g/mol. The van der Waals surface area contributed by atoms with E-state index in [9.17, 15) is 0 Å². The van der Waals surface area contributed by atoms with Gasteiger partial charge in [-0.1, -0.05) is 140 Å². The Bertz CT molecular complexity index is 3330. The molecule has 2 aliphatic rings. The largest absolute Gasteiger partial charge is 0.454 e. The molecular weight excluding hydrogens is 717 g/mol. The molecule has 3 aromatic heterocycles. The molecule has 10 aromatic rings. The van der Waals surface area contributed by atoms with Crippen LogP contribution in [0.15, 0.2) is 178 Å². The minimum Gasteiger partial charge on any atom is -0.454 e. The van der Waals surface area contributed by atoms with E-state index in [0.29, 0.717) is 0 Å². The topological polar surface area (TPSA) is 54.8 Å². The Labute approximate surface area is 332 Å². The van der Waals surface area contributed by atoms with Gasteiger partial charge < -0.3 is 14.3 Å². The van der Waals surface area contributed by atoms with Gasteiger partial charge in [0.15, 0.2) is 11.4 Å². The molecule has 4 heterocycles. The number of allylic oxidation sites excluding steroid dienone is 1. The number of rotatable bonds is 5. The lowest BCUT2D eigenvalue weighted by atomic mass is 9.98. The third-order valence-corrected chi connectivity index (χ3v) is 12.7. The van der Waals surface area contributed by atoms with Gasteiger partial charge >= 0.3 is 0 Å². The normalized spacial score (nSPS) is 15.3. The number of furan rings is 1. The van der Waals surface area contributed by atoms with Crippen molar-refractivity contribution in [3.05, 3.63) is 192 Å². The van der Waals surface area contributed by atoms with E-state index < -0.39 is 0 Å². The van der Waals surface area contributed by atoms with E-state index in [4.69, 9.17) is 14.4 Å². The molecular formula is C51H34N4OS. The van der Waals surface area contributed by atoms with E-state index in [1.54, 1.807) is 0 Å². The van der Waals surface area contributed by atoms with Crippen molar-refractivity contribution in [1.82, 2.24) is 9.88 Å². The first-order valence-corrected chi connectivity index (χ1v) is 20.3. The molecule has 12 rings (SSSR count). The molecule has 6 heteroatoms. The zero-order valence-corrected chi connectivity index (χ0v) is 31.6. The molecule has 0 bridgehead atoms. The molecule has 0 radical (unpaired) electrons. The maximum absolute atomic E-state index is 6.84. The lowest BCUT2D eigenvalue weighted by Gasteiger charge is -2.24. The fraction of sp³-hybridized carbons (Fsp3) is 0.0588. The van der Waals surface area contributed by atoms with Gasteiger partial charge in [0, 0.05) is 58.7 Å². The molecule has 0 saturated carbocycles. The molecule has 0 fully saturated rings. The zero-order valence-electron chi connectivity index (χ0n) is 30.8. The summed E-state index contributed by atoms with van der Waals surface area (Å²) < 4.78 is 11.7. The Morgan fingerprint density at radius 3 is 2.35 bits per heavy atom. The van der Waals surface area contributed by atoms with E-state index in [0.717, 1.165) is 74.4 Å². The second-order valence-electron chi connectivity index (χ2n) is 14.8. The van der Waals surface area contributed by atoms with Crippen LogP contribution in [-0.4, -0.2) is 16.2 Å². The Morgan fingerprint density at radius 1 is 0.667 bits per heavy atom. The molecule has 0 spiro atoms. The molecule has 5 nitrogen and oxygen atoms in total. The lowest BCUT2D eigenvalue weighted by molar-refractivity contribution is 0.665. The third kappa shape index (κ3) is 5.07. The predicted molar refractivity (Wildman–Crippen MR) is 238 cm³/mol. The van der Waals surface area contributed by atoms with Crippen LogP contribution in [0.25, 0.3) is 75.9 Å². The number of para-hydroxylation sites is 2. The second-order valence-corrected chi connectivity index (χ2v) is 15.9. The van der Waals surface area contributed by atoms with Crippen molar-refractivity contribution in [3.8, 4) is 16.8 Å². The van der Waals surface area contributed by atoms with Gasteiger partial charge in [0.25, 0.3) is 0 Å². The van der Waals surface area contributed by atoms with Crippen molar-refractivity contribution in [2.45, 2.75) is 19.0 Å². The van der Waals surface area contributed by atoms with Gasteiger partial charge in [0.1, 0.15) is 17.6 Å². The monoisotopic (exact) mass is 750 g/mol. The van der Waals surface area contributed by atoms with Gasteiger partial charge in [-0.25, -0.2) is 9.98 Å². The van der Waals surface area contributed by atoms with E-state index in [-0.39, 0.29) is 6.17 Å². The Hall–Kier alpha value is -7.02. The van der Waals surface area contributed by atoms with Crippen molar-refractivity contribution in [2.75, 3.05) is 0 Å². The number of benzene rings is 7. The summed E-state index contributed by atoms with van der Waals surface area (Å²) in [5.41, 5.74) is 12.3. The van der Waals surface area contributed by atoms with Crippen LogP contribution in [0.2, 0.25) is 0 Å². The van der Waals surface area contributed by atoms with Crippen molar-refractivity contribution in [2.24, 2.45) is 9.98 Å². The minimum absolute atomic E-state index is 0.255. The summed E-state index contributed by atoms with van der Waals surface area (Å²) >= 11 is 1.82. The number of hydrogen-bond donors (Lipinski definition) is 1. The highest BCUT2D eigenvalue weighted by atomic mass is 32.1. The first-order valence-electron chi connectivity index (χ1n) is 19.5. The fourth-order valence-electron chi connectivity index (χ4n) is 8.96. The second kappa shape index (κ2) is 12.8. The Balaban J connectivity index is 0.995. The van der Waals surface area contributed by atoms with Gasteiger partial charge in [0.2, 0.25) is 0 Å². The van der Waals surface area contributed by atoms with Crippen LogP contribution < -0.4 is 5.32 Å². The number of nitrogens with one attached hydrogen (secondary N) is 1. The zero-order chi connectivity index (χ0) is 37.5. The van der Waals surface area contributed by atoms with Crippen LogP contribution in [0.3, 0.4) is 0 Å². The Kier molecular flexibility index (Phi) is 7.22. The van der Waals surface area contributed by atoms with Crippen molar-refractivity contribution < 1.29 is 4.42 Å². The smallest absolute Gasteiger partial charge is 0.159 e. The molecule has 0 amide bonds. The van der Waals surface area contributed by atoms with E-state index >= 15 is 0 Å². The van der Waals surface area contributed by atoms with Crippen molar-refractivity contribution >= 4 is 82.1 Å².